The highest BCUT2D eigenvalue weighted by atomic mass is 79.9. The highest BCUT2D eigenvalue weighted by Gasteiger charge is 2.14. The number of fused-ring (bicyclic) bond motifs is 1. The van der Waals surface area contributed by atoms with Crippen molar-refractivity contribution in [3.8, 4) is 11.3 Å². The molecule has 4 rings (SSSR count). The molecule has 1 amide bonds. The van der Waals surface area contributed by atoms with E-state index in [0.29, 0.717) is 5.56 Å². The van der Waals surface area contributed by atoms with E-state index >= 15 is 0 Å². The summed E-state index contributed by atoms with van der Waals surface area (Å²) < 4.78 is 1.98. The number of aromatic nitrogens is 1. The maximum absolute atomic E-state index is 13.1. The van der Waals surface area contributed by atoms with E-state index in [4.69, 9.17) is 4.98 Å². The molecule has 0 saturated heterocycles. The summed E-state index contributed by atoms with van der Waals surface area (Å²) in [4.78, 5) is 17.9. The smallest absolute Gasteiger partial charge is 0.267 e. The molecule has 3 aromatic carbocycles. The standard InChI is InChI=1S/C25H19Br2N3O/c1-15-3-12-23-21(13-15)22(14-24(28-23)18-6-10-20(27)11-7-18)25(31)30-29-16(2)17-4-8-19(26)9-5-17/h3-14H,1-2H3,(H,30,31). The summed E-state index contributed by atoms with van der Waals surface area (Å²) in [6, 6.07) is 23.4. The number of benzene rings is 3. The summed E-state index contributed by atoms with van der Waals surface area (Å²) >= 11 is 6.89. The Bertz CT molecular complexity index is 1300. The number of aryl methyl sites for hydroxylation is 1. The van der Waals surface area contributed by atoms with E-state index in [2.05, 4.69) is 42.4 Å². The number of hydrogen-bond acceptors (Lipinski definition) is 3. The van der Waals surface area contributed by atoms with Crippen LogP contribution in [0.25, 0.3) is 22.2 Å². The fourth-order valence-corrected chi connectivity index (χ4v) is 3.78. The third kappa shape index (κ3) is 4.92. The molecule has 0 fully saturated rings. The van der Waals surface area contributed by atoms with Gasteiger partial charge in [-0.25, -0.2) is 10.4 Å². The molecule has 0 atom stereocenters. The minimum Gasteiger partial charge on any atom is -0.267 e. The molecule has 0 bridgehead atoms. The fraction of sp³-hybridized carbons (Fsp3) is 0.0800. The second-order valence-corrected chi connectivity index (χ2v) is 9.06. The van der Waals surface area contributed by atoms with Gasteiger partial charge in [-0.15, -0.1) is 0 Å². The van der Waals surface area contributed by atoms with Gasteiger partial charge in [-0.1, -0.05) is 67.8 Å². The second kappa shape index (κ2) is 9.12. The molecule has 0 saturated carbocycles. The summed E-state index contributed by atoms with van der Waals surface area (Å²) in [7, 11) is 0. The molecule has 4 nitrogen and oxygen atoms in total. The van der Waals surface area contributed by atoms with Crippen molar-refractivity contribution in [2.24, 2.45) is 5.10 Å². The van der Waals surface area contributed by atoms with Crippen LogP contribution in [0.15, 0.2) is 86.8 Å². The van der Waals surface area contributed by atoms with E-state index in [1.165, 1.54) is 0 Å². The van der Waals surface area contributed by atoms with Crippen LogP contribution in [-0.2, 0) is 0 Å². The Balaban J connectivity index is 1.73. The lowest BCUT2D eigenvalue weighted by atomic mass is 10.0. The predicted octanol–water partition coefficient (Wildman–Crippen LogP) is 6.89. The Labute approximate surface area is 197 Å². The largest absolute Gasteiger partial charge is 0.272 e. The first kappa shape index (κ1) is 21.4. The Morgan fingerprint density at radius 1 is 0.903 bits per heavy atom. The molecule has 154 valence electrons. The van der Waals surface area contributed by atoms with Crippen molar-refractivity contribution in [1.82, 2.24) is 10.4 Å². The molecule has 31 heavy (non-hydrogen) atoms. The van der Waals surface area contributed by atoms with Crippen LogP contribution in [0.1, 0.15) is 28.4 Å². The fourth-order valence-electron chi connectivity index (χ4n) is 3.25. The first-order valence-electron chi connectivity index (χ1n) is 9.68. The molecule has 1 N–H and O–H groups in total. The number of hydrazone groups is 1. The Kier molecular flexibility index (Phi) is 6.30. The van der Waals surface area contributed by atoms with Crippen LogP contribution in [0.3, 0.4) is 0 Å². The molecule has 6 heteroatoms. The van der Waals surface area contributed by atoms with Gasteiger partial charge in [0.15, 0.2) is 0 Å². The number of rotatable bonds is 4. The normalized spacial score (nSPS) is 11.5. The molecule has 0 aliphatic rings. The van der Waals surface area contributed by atoms with E-state index in [1.807, 2.05) is 86.6 Å². The summed E-state index contributed by atoms with van der Waals surface area (Å²) in [6.07, 6.45) is 0. The van der Waals surface area contributed by atoms with Gasteiger partial charge in [0.25, 0.3) is 5.91 Å². The van der Waals surface area contributed by atoms with E-state index in [9.17, 15) is 4.79 Å². The first-order valence-corrected chi connectivity index (χ1v) is 11.3. The van der Waals surface area contributed by atoms with Crippen molar-refractivity contribution >= 4 is 54.4 Å². The van der Waals surface area contributed by atoms with Crippen molar-refractivity contribution in [2.45, 2.75) is 13.8 Å². The zero-order valence-corrected chi connectivity index (χ0v) is 20.2. The minimum absolute atomic E-state index is 0.271. The lowest BCUT2D eigenvalue weighted by Gasteiger charge is -2.10. The van der Waals surface area contributed by atoms with E-state index in [0.717, 1.165) is 47.9 Å². The van der Waals surface area contributed by atoms with Crippen LogP contribution < -0.4 is 5.43 Å². The van der Waals surface area contributed by atoms with Gasteiger partial charge in [-0.2, -0.15) is 5.10 Å². The molecule has 0 aliphatic heterocycles. The topological polar surface area (TPSA) is 54.4 Å². The van der Waals surface area contributed by atoms with Crippen LogP contribution in [-0.4, -0.2) is 16.6 Å². The maximum Gasteiger partial charge on any atom is 0.272 e. The van der Waals surface area contributed by atoms with Crippen molar-refractivity contribution in [2.75, 3.05) is 0 Å². The Morgan fingerprint density at radius 2 is 1.55 bits per heavy atom. The van der Waals surface area contributed by atoms with Gasteiger partial charge in [0.2, 0.25) is 0 Å². The maximum atomic E-state index is 13.1. The van der Waals surface area contributed by atoms with Gasteiger partial charge < -0.3 is 0 Å². The quantitative estimate of drug-likeness (QED) is 0.228. The van der Waals surface area contributed by atoms with Crippen molar-refractivity contribution in [3.63, 3.8) is 0 Å². The van der Waals surface area contributed by atoms with E-state index in [1.54, 1.807) is 0 Å². The lowest BCUT2D eigenvalue weighted by Crippen LogP contribution is -2.20. The number of amides is 1. The molecule has 1 heterocycles. The van der Waals surface area contributed by atoms with Crippen molar-refractivity contribution < 1.29 is 4.79 Å². The number of pyridine rings is 1. The molecular formula is C25H19Br2N3O. The lowest BCUT2D eigenvalue weighted by molar-refractivity contribution is 0.0956. The molecule has 0 spiro atoms. The number of carbonyl (C=O) groups is 1. The number of halogens is 2. The second-order valence-electron chi connectivity index (χ2n) is 7.23. The summed E-state index contributed by atoms with van der Waals surface area (Å²) in [5.41, 5.74) is 8.43. The average molecular weight is 537 g/mol. The van der Waals surface area contributed by atoms with Gasteiger partial charge in [-0.05, 0) is 61.9 Å². The SMILES string of the molecule is CC(=NNC(=O)c1cc(-c2ccc(Br)cc2)nc2ccc(C)cc12)c1ccc(Br)cc1. The number of hydrogen-bond donors (Lipinski definition) is 1. The summed E-state index contributed by atoms with van der Waals surface area (Å²) in [5.74, 6) is -0.271. The van der Waals surface area contributed by atoms with Crippen LogP contribution in [0.4, 0.5) is 0 Å². The Morgan fingerprint density at radius 3 is 2.23 bits per heavy atom. The van der Waals surface area contributed by atoms with Crippen LogP contribution in [0.5, 0.6) is 0 Å². The number of nitrogens with zero attached hydrogens (tertiary/aromatic N) is 2. The number of carbonyl (C=O) groups excluding carboxylic acids is 1. The van der Waals surface area contributed by atoms with Crippen LogP contribution in [0.2, 0.25) is 0 Å². The molecule has 1 aromatic heterocycles. The van der Waals surface area contributed by atoms with E-state index < -0.39 is 0 Å². The summed E-state index contributed by atoms with van der Waals surface area (Å²) in [6.45, 7) is 3.87. The third-order valence-electron chi connectivity index (χ3n) is 4.94. The first-order chi connectivity index (χ1) is 14.9. The minimum atomic E-state index is -0.271. The van der Waals surface area contributed by atoms with Crippen LogP contribution in [0, 0.1) is 6.92 Å². The van der Waals surface area contributed by atoms with Gasteiger partial charge in [0, 0.05) is 19.9 Å². The zero-order chi connectivity index (χ0) is 22.0. The summed E-state index contributed by atoms with van der Waals surface area (Å²) in [5, 5.41) is 5.12. The average Bonchev–Trinajstić information content (AvgIpc) is 2.77. The molecule has 0 aliphatic carbocycles. The Hall–Kier alpha value is -2.83. The van der Waals surface area contributed by atoms with Gasteiger partial charge in [0.05, 0.1) is 22.5 Å². The third-order valence-corrected chi connectivity index (χ3v) is 5.99. The molecule has 4 aromatic rings. The van der Waals surface area contributed by atoms with Crippen molar-refractivity contribution in [3.05, 3.63) is 98.4 Å². The zero-order valence-electron chi connectivity index (χ0n) is 17.0. The number of nitrogens with one attached hydrogen (secondary N) is 1. The van der Waals surface area contributed by atoms with E-state index in [-0.39, 0.29) is 5.91 Å². The van der Waals surface area contributed by atoms with Gasteiger partial charge in [-0.3, -0.25) is 4.79 Å². The molecule has 0 unspecified atom stereocenters. The van der Waals surface area contributed by atoms with Crippen LogP contribution >= 0.6 is 31.9 Å². The highest BCUT2D eigenvalue weighted by Crippen LogP contribution is 2.27. The van der Waals surface area contributed by atoms with Crippen molar-refractivity contribution in [1.29, 1.82) is 0 Å². The molecular weight excluding hydrogens is 518 g/mol. The van der Waals surface area contributed by atoms with Gasteiger partial charge in [0.1, 0.15) is 0 Å². The molecule has 0 radical (unpaired) electrons. The predicted molar refractivity (Wildman–Crippen MR) is 133 cm³/mol. The monoisotopic (exact) mass is 535 g/mol. The highest BCUT2D eigenvalue weighted by molar-refractivity contribution is 9.10. The van der Waals surface area contributed by atoms with Gasteiger partial charge >= 0.3 is 0 Å².